The summed E-state index contributed by atoms with van der Waals surface area (Å²) in [6.45, 7) is 5.72. The van der Waals surface area contributed by atoms with Gasteiger partial charge in [-0.3, -0.25) is 0 Å². The van der Waals surface area contributed by atoms with Crippen LogP contribution >= 0.6 is 28.3 Å². The van der Waals surface area contributed by atoms with Gasteiger partial charge in [-0.05, 0) is 37.9 Å². The van der Waals surface area contributed by atoms with Crippen LogP contribution in [0.15, 0.2) is 28.7 Å². The molecule has 0 saturated heterocycles. The van der Waals surface area contributed by atoms with E-state index in [0.717, 1.165) is 32.7 Å². The molecule has 0 heterocycles. The lowest BCUT2D eigenvalue weighted by atomic mass is 10.2. The second-order valence-electron chi connectivity index (χ2n) is 3.67. The van der Waals surface area contributed by atoms with Crippen LogP contribution in [0.25, 0.3) is 0 Å². The Balaban J connectivity index is 0.00000256. The minimum Gasteiger partial charge on any atom is -0.382 e. The summed E-state index contributed by atoms with van der Waals surface area (Å²) in [5.41, 5.74) is 1.31. The third kappa shape index (κ3) is 7.77. The SMILES string of the molecule is CCOCCCCNCc1ccccc1Br.Cl. The second-order valence-corrected chi connectivity index (χ2v) is 4.53. The number of halogens is 2. The summed E-state index contributed by atoms with van der Waals surface area (Å²) in [7, 11) is 0. The molecule has 0 fully saturated rings. The first kappa shape index (κ1) is 16.9. The molecule has 0 atom stereocenters. The molecule has 4 heteroatoms. The van der Waals surface area contributed by atoms with Crippen molar-refractivity contribution in [2.24, 2.45) is 0 Å². The Morgan fingerprint density at radius 2 is 2.00 bits per heavy atom. The molecule has 1 rings (SSSR count). The number of nitrogens with one attached hydrogen (secondary N) is 1. The highest BCUT2D eigenvalue weighted by Crippen LogP contribution is 2.15. The highest BCUT2D eigenvalue weighted by molar-refractivity contribution is 9.10. The van der Waals surface area contributed by atoms with Crippen molar-refractivity contribution in [3.05, 3.63) is 34.3 Å². The highest BCUT2D eigenvalue weighted by atomic mass is 79.9. The van der Waals surface area contributed by atoms with Crippen LogP contribution in [-0.4, -0.2) is 19.8 Å². The molecule has 0 unspecified atom stereocenters. The van der Waals surface area contributed by atoms with Crippen molar-refractivity contribution in [1.29, 1.82) is 0 Å². The smallest absolute Gasteiger partial charge is 0.0466 e. The molecular formula is C13H21BrClNO. The third-order valence-corrected chi connectivity index (χ3v) is 3.14. The maximum absolute atomic E-state index is 5.28. The topological polar surface area (TPSA) is 21.3 Å². The van der Waals surface area contributed by atoms with Gasteiger partial charge in [0.15, 0.2) is 0 Å². The van der Waals surface area contributed by atoms with Gasteiger partial charge in [-0.2, -0.15) is 0 Å². The van der Waals surface area contributed by atoms with E-state index in [4.69, 9.17) is 4.74 Å². The first-order valence-electron chi connectivity index (χ1n) is 5.86. The van der Waals surface area contributed by atoms with Crippen molar-refractivity contribution in [2.75, 3.05) is 19.8 Å². The molecule has 0 aliphatic carbocycles. The summed E-state index contributed by atoms with van der Waals surface area (Å²) in [6.07, 6.45) is 2.31. The summed E-state index contributed by atoms with van der Waals surface area (Å²) < 4.78 is 6.46. The minimum absolute atomic E-state index is 0. The number of hydrogen-bond donors (Lipinski definition) is 1. The van der Waals surface area contributed by atoms with Gasteiger partial charge in [-0.25, -0.2) is 0 Å². The summed E-state index contributed by atoms with van der Waals surface area (Å²) >= 11 is 3.54. The zero-order chi connectivity index (χ0) is 11.6. The lowest BCUT2D eigenvalue weighted by Crippen LogP contribution is -2.15. The minimum atomic E-state index is 0. The Morgan fingerprint density at radius 3 is 2.71 bits per heavy atom. The molecule has 17 heavy (non-hydrogen) atoms. The Hall–Kier alpha value is -0.0900. The average Bonchev–Trinajstić information content (AvgIpc) is 2.30. The molecule has 0 radical (unpaired) electrons. The van der Waals surface area contributed by atoms with Crippen molar-refractivity contribution in [1.82, 2.24) is 5.32 Å². The van der Waals surface area contributed by atoms with E-state index in [9.17, 15) is 0 Å². The van der Waals surface area contributed by atoms with Gasteiger partial charge in [0.2, 0.25) is 0 Å². The van der Waals surface area contributed by atoms with E-state index < -0.39 is 0 Å². The summed E-state index contributed by atoms with van der Waals surface area (Å²) in [4.78, 5) is 0. The van der Waals surface area contributed by atoms with E-state index >= 15 is 0 Å². The standard InChI is InChI=1S/C13H20BrNO.ClH/c1-2-16-10-6-5-9-15-11-12-7-3-4-8-13(12)14;/h3-4,7-8,15H,2,5-6,9-11H2,1H3;1H. The van der Waals surface area contributed by atoms with Crippen molar-refractivity contribution < 1.29 is 4.74 Å². The van der Waals surface area contributed by atoms with Gasteiger partial charge in [0.05, 0.1) is 0 Å². The van der Waals surface area contributed by atoms with Crippen molar-refractivity contribution in [3.8, 4) is 0 Å². The quantitative estimate of drug-likeness (QED) is 0.736. The molecule has 1 N–H and O–H groups in total. The third-order valence-electron chi connectivity index (χ3n) is 2.37. The number of hydrogen-bond acceptors (Lipinski definition) is 2. The van der Waals surface area contributed by atoms with Crippen molar-refractivity contribution in [3.63, 3.8) is 0 Å². The predicted octanol–water partition coefficient (Wildman–Crippen LogP) is 3.78. The van der Waals surface area contributed by atoms with Gasteiger partial charge in [-0.1, -0.05) is 34.1 Å². The van der Waals surface area contributed by atoms with Crippen LogP contribution in [0.1, 0.15) is 25.3 Å². The molecule has 0 amide bonds. The fraction of sp³-hybridized carbons (Fsp3) is 0.538. The lowest BCUT2D eigenvalue weighted by molar-refractivity contribution is 0.143. The Bertz CT molecular complexity index is 297. The Kier molecular flexibility index (Phi) is 11.0. The fourth-order valence-electron chi connectivity index (χ4n) is 1.46. The van der Waals surface area contributed by atoms with Crippen LogP contribution in [0.3, 0.4) is 0 Å². The predicted molar refractivity (Wildman–Crippen MR) is 78.8 cm³/mol. The first-order chi connectivity index (χ1) is 7.84. The maximum atomic E-state index is 5.28. The van der Waals surface area contributed by atoms with Crippen LogP contribution in [0, 0.1) is 0 Å². The first-order valence-corrected chi connectivity index (χ1v) is 6.65. The normalized spacial score (nSPS) is 10.0. The van der Waals surface area contributed by atoms with Gasteiger partial charge in [0.1, 0.15) is 0 Å². The van der Waals surface area contributed by atoms with Crippen molar-refractivity contribution >= 4 is 28.3 Å². The highest BCUT2D eigenvalue weighted by Gasteiger charge is 1.96. The number of ether oxygens (including phenoxy) is 1. The van der Waals surface area contributed by atoms with Gasteiger partial charge >= 0.3 is 0 Å². The van der Waals surface area contributed by atoms with Gasteiger partial charge in [0.25, 0.3) is 0 Å². The van der Waals surface area contributed by atoms with E-state index in [-0.39, 0.29) is 12.4 Å². The molecular weight excluding hydrogens is 302 g/mol. The zero-order valence-corrected chi connectivity index (χ0v) is 12.6. The number of unbranched alkanes of at least 4 members (excludes halogenated alkanes) is 1. The summed E-state index contributed by atoms with van der Waals surface area (Å²) in [5.74, 6) is 0. The van der Waals surface area contributed by atoms with Gasteiger partial charge in [0, 0.05) is 24.2 Å². The molecule has 0 saturated carbocycles. The molecule has 1 aromatic carbocycles. The molecule has 98 valence electrons. The lowest BCUT2D eigenvalue weighted by Gasteiger charge is -2.06. The number of rotatable bonds is 8. The largest absolute Gasteiger partial charge is 0.382 e. The molecule has 0 aliphatic rings. The van der Waals surface area contributed by atoms with Crippen LogP contribution in [0.5, 0.6) is 0 Å². The van der Waals surface area contributed by atoms with E-state index in [1.165, 1.54) is 16.5 Å². The van der Waals surface area contributed by atoms with Crippen LogP contribution in [-0.2, 0) is 11.3 Å². The summed E-state index contributed by atoms with van der Waals surface area (Å²) in [6, 6.07) is 8.32. The second kappa shape index (κ2) is 11.0. The number of benzene rings is 1. The molecule has 1 aromatic rings. The fourth-order valence-corrected chi connectivity index (χ4v) is 1.89. The summed E-state index contributed by atoms with van der Waals surface area (Å²) in [5, 5.41) is 3.43. The van der Waals surface area contributed by atoms with Crippen LogP contribution < -0.4 is 5.32 Å². The van der Waals surface area contributed by atoms with Gasteiger partial charge in [-0.15, -0.1) is 12.4 Å². The molecule has 0 bridgehead atoms. The Morgan fingerprint density at radius 1 is 1.24 bits per heavy atom. The van der Waals surface area contributed by atoms with Crippen LogP contribution in [0.4, 0.5) is 0 Å². The van der Waals surface area contributed by atoms with E-state index in [2.05, 4.69) is 39.4 Å². The maximum Gasteiger partial charge on any atom is 0.0466 e. The molecule has 0 spiro atoms. The van der Waals surface area contributed by atoms with Crippen LogP contribution in [0.2, 0.25) is 0 Å². The molecule has 2 nitrogen and oxygen atoms in total. The Labute approximate surface area is 119 Å². The van der Waals surface area contributed by atoms with Crippen molar-refractivity contribution in [2.45, 2.75) is 26.3 Å². The van der Waals surface area contributed by atoms with E-state index in [1.807, 2.05) is 13.0 Å². The monoisotopic (exact) mass is 321 g/mol. The average molecular weight is 323 g/mol. The van der Waals surface area contributed by atoms with E-state index in [0.29, 0.717) is 0 Å². The van der Waals surface area contributed by atoms with E-state index in [1.54, 1.807) is 0 Å². The molecule has 0 aliphatic heterocycles. The molecule has 0 aromatic heterocycles. The zero-order valence-electron chi connectivity index (χ0n) is 10.2. The van der Waals surface area contributed by atoms with Gasteiger partial charge < -0.3 is 10.1 Å².